The van der Waals surface area contributed by atoms with Gasteiger partial charge in [0.1, 0.15) is 17.2 Å². The summed E-state index contributed by atoms with van der Waals surface area (Å²) in [6.45, 7) is 9.64. The Labute approximate surface area is 250 Å². The lowest BCUT2D eigenvalue weighted by Gasteiger charge is -2.22. The van der Waals surface area contributed by atoms with Crippen molar-refractivity contribution in [2.45, 2.75) is 57.6 Å². The van der Waals surface area contributed by atoms with Crippen molar-refractivity contribution in [1.82, 2.24) is 20.3 Å². The molecule has 0 fully saturated rings. The monoisotopic (exact) mass is 577 g/mol. The zero-order valence-corrected chi connectivity index (χ0v) is 24.6. The quantitative estimate of drug-likeness (QED) is 0.235. The molecule has 214 valence electrons. The van der Waals surface area contributed by atoms with Crippen molar-refractivity contribution in [3.05, 3.63) is 125 Å². The fourth-order valence-electron chi connectivity index (χ4n) is 5.80. The molecule has 0 amide bonds. The predicted molar refractivity (Wildman–Crippen MR) is 167 cm³/mol. The van der Waals surface area contributed by atoms with E-state index in [0.29, 0.717) is 17.7 Å². The lowest BCUT2D eigenvalue weighted by Crippen LogP contribution is -2.20. The molecule has 42 heavy (non-hydrogen) atoms. The van der Waals surface area contributed by atoms with E-state index >= 15 is 0 Å². The Balaban J connectivity index is 0.000000151. The van der Waals surface area contributed by atoms with Crippen LogP contribution in [0.1, 0.15) is 65.4 Å². The van der Waals surface area contributed by atoms with Crippen LogP contribution in [0.5, 0.6) is 0 Å². The Morgan fingerprint density at radius 3 is 2.76 bits per heavy atom. The van der Waals surface area contributed by atoms with Crippen LogP contribution in [0.4, 0.5) is 0 Å². The first-order chi connectivity index (χ1) is 20.6. The normalized spacial score (nSPS) is 21.3. The summed E-state index contributed by atoms with van der Waals surface area (Å²) >= 11 is 1.72. The highest BCUT2D eigenvalue weighted by atomic mass is 32.1. The summed E-state index contributed by atoms with van der Waals surface area (Å²) in [5, 5.41) is 6.75. The number of aromatic nitrogens is 3. The SMILES string of the molecule is C=CN=C(C=C)C1CCC2=C(C1)OC(c1cccc(C)c1)N2.c1ccc(-c2nc3c(o2)CC(c2nccs2)CC3)nc1. The van der Waals surface area contributed by atoms with Crippen LogP contribution in [-0.4, -0.2) is 20.7 Å². The average Bonchev–Trinajstić information content (AvgIpc) is 3.80. The van der Waals surface area contributed by atoms with Crippen LogP contribution < -0.4 is 5.32 Å². The third-order valence-corrected chi connectivity index (χ3v) is 8.85. The maximum atomic E-state index is 6.16. The minimum absolute atomic E-state index is 0.0628. The summed E-state index contributed by atoms with van der Waals surface area (Å²) in [4.78, 5) is 17.6. The highest BCUT2D eigenvalue weighted by Crippen LogP contribution is 2.39. The molecule has 1 N–H and O–H groups in total. The van der Waals surface area contributed by atoms with Crippen LogP contribution in [0, 0.1) is 12.8 Å². The molecular formula is C34H35N5O2S. The summed E-state index contributed by atoms with van der Waals surface area (Å²) in [7, 11) is 0. The first kappa shape index (κ1) is 27.8. The van der Waals surface area contributed by atoms with Crippen LogP contribution in [0.2, 0.25) is 0 Å². The molecule has 1 aliphatic heterocycles. The van der Waals surface area contributed by atoms with Gasteiger partial charge in [0.15, 0.2) is 6.23 Å². The van der Waals surface area contributed by atoms with Crippen LogP contribution in [0.3, 0.4) is 0 Å². The van der Waals surface area contributed by atoms with Crippen molar-refractivity contribution in [3.8, 4) is 11.6 Å². The van der Waals surface area contributed by atoms with Gasteiger partial charge in [-0.1, -0.05) is 49.1 Å². The van der Waals surface area contributed by atoms with E-state index in [-0.39, 0.29) is 6.23 Å². The Morgan fingerprint density at radius 1 is 1.07 bits per heavy atom. The van der Waals surface area contributed by atoms with Crippen LogP contribution in [0.25, 0.3) is 11.6 Å². The van der Waals surface area contributed by atoms with E-state index in [2.05, 4.69) is 69.6 Å². The van der Waals surface area contributed by atoms with Crippen molar-refractivity contribution in [2.75, 3.05) is 0 Å². The van der Waals surface area contributed by atoms with E-state index in [1.54, 1.807) is 23.7 Å². The minimum atomic E-state index is -0.0628. The van der Waals surface area contributed by atoms with Gasteiger partial charge in [0, 0.05) is 59.9 Å². The number of pyridine rings is 1. The summed E-state index contributed by atoms with van der Waals surface area (Å²) < 4.78 is 12.1. The number of hydrogen-bond donors (Lipinski definition) is 1. The zero-order valence-electron chi connectivity index (χ0n) is 23.8. The Hall–Kier alpha value is -4.30. The molecule has 0 radical (unpaired) electrons. The van der Waals surface area contributed by atoms with E-state index < -0.39 is 0 Å². The predicted octanol–water partition coefficient (Wildman–Crippen LogP) is 7.86. The molecular weight excluding hydrogens is 542 g/mol. The fraction of sp³-hybridized carbons (Fsp3) is 0.294. The fourth-order valence-corrected chi connectivity index (χ4v) is 6.57. The number of benzene rings is 1. The van der Waals surface area contributed by atoms with Crippen LogP contribution in [-0.2, 0) is 17.6 Å². The first-order valence-corrected chi connectivity index (χ1v) is 15.3. The van der Waals surface area contributed by atoms with Gasteiger partial charge in [-0.15, -0.1) is 11.3 Å². The number of ether oxygens (including phenoxy) is 1. The number of allylic oxidation sites excluding steroid dienone is 3. The lowest BCUT2D eigenvalue weighted by atomic mass is 9.87. The number of fused-ring (bicyclic) bond motifs is 1. The molecule has 2 aliphatic carbocycles. The Bertz CT molecular complexity index is 1610. The van der Waals surface area contributed by atoms with Gasteiger partial charge in [0.2, 0.25) is 5.89 Å². The van der Waals surface area contributed by atoms with E-state index in [1.165, 1.54) is 21.8 Å². The number of aryl methyl sites for hydroxylation is 2. The van der Waals surface area contributed by atoms with E-state index in [9.17, 15) is 0 Å². The molecule has 3 aromatic heterocycles. The van der Waals surface area contributed by atoms with Gasteiger partial charge in [0.05, 0.1) is 16.4 Å². The number of aliphatic imine (C=N–C) groups is 1. The number of nitrogens with one attached hydrogen (secondary N) is 1. The molecule has 3 atom stereocenters. The highest BCUT2D eigenvalue weighted by molar-refractivity contribution is 7.09. The van der Waals surface area contributed by atoms with Crippen LogP contribution in [0.15, 0.2) is 107 Å². The van der Waals surface area contributed by atoms with Gasteiger partial charge in [0.25, 0.3) is 0 Å². The second-order valence-electron chi connectivity index (χ2n) is 10.8. The van der Waals surface area contributed by atoms with E-state index in [0.717, 1.165) is 67.1 Å². The second-order valence-corrected chi connectivity index (χ2v) is 11.7. The Morgan fingerprint density at radius 2 is 2.00 bits per heavy atom. The second kappa shape index (κ2) is 12.7. The molecule has 8 heteroatoms. The average molecular weight is 578 g/mol. The van der Waals surface area contributed by atoms with E-state index in [4.69, 9.17) is 9.15 Å². The topological polar surface area (TPSA) is 85.4 Å². The minimum Gasteiger partial charge on any atom is -0.469 e. The molecule has 4 heterocycles. The molecule has 3 unspecified atom stereocenters. The number of oxazole rings is 1. The molecule has 3 aliphatic rings. The molecule has 0 spiro atoms. The van der Waals surface area contributed by atoms with Gasteiger partial charge in [-0.25, -0.2) is 9.97 Å². The van der Waals surface area contributed by atoms with Crippen molar-refractivity contribution < 1.29 is 9.15 Å². The highest BCUT2D eigenvalue weighted by Gasteiger charge is 2.33. The number of hydrogen-bond acceptors (Lipinski definition) is 8. The number of nitrogens with zero attached hydrogens (tertiary/aromatic N) is 4. The summed E-state index contributed by atoms with van der Waals surface area (Å²) in [5.41, 5.74) is 6.55. The molecule has 4 aromatic rings. The van der Waals surface area contributed by atoms with E-state index in [1.807, 2.05) is 35.9 Å². The number of rotatable bonds is 6. The molecule has 0 saturated carbocycles. The smallest absolute Gasteiger partial charge is 0.245 e. The summed E-state index contributed by atoms with van der Waals surface area (Å²) in [6, 6.07) is 14.2. The van der Waals surface area contributed by atoms with Crippen molar-refractivity contribution in [3.63, 3.8) is 0 Å². The summed E-state index contributed by atoms with van der Waals surface area (Å²) in [6.07, 6.45) is 12.9. The largest absolute Gasteiger partial charge is 0.469 e. The molecule has 7 rings (SSSR count). The molecule has 7 nitrogen and oxygen atoms in total. The van der Waals surface area contributed by atoms with Crippen molar-refractivity contribution in [2.24, 2.45) is 10.9 Å². The zero-order chi connectivity index (χ0) is 28.9. The third kappa shape index (κ3) is 6.14. The maximum absolute atomic E-state index is 6.16. The molecule has 1 aromatic carbocycles. The van der Waals surface area contributed by atoms with Crippen LogP contribution >= 0.6 is 11.3 Å². The third-order valence-electron chi connectivity index (χ3n) is 7.91. The molecule has 0 saturated heterocycles. The van der Waals surface area contributed by atoms with Gasteiger partial charge in [-0.3, -0.25) is 9.98 Å². The lowest BCUT2D eigenvalue weighted by molar-refractivity contribution is 0.120. The van der Waals surface area contributed by atoms with Gasteiger partial charge in [-0.2, -0.15) is 0 Å². The van der Waals surface area contributed by atoms with Crippen molar-refractivity contribution >= 4 is 17.0 Å². The Kier molecular flexibility index (Phi) is 8.42. The van der Waals surface area contributed by atoms with Crippen molar-refractivity contribution in [1.29, 1.82) is 0 Å². The molecule has 0 bridgehead atoms. The van der Waals surface area contributed by atoms with Gasteiger partial charge < -0.3 is 14.5 Å². The van der Waals surface area contributed by atoms with Gasteiger partial charge >= 0.3 is 0 Å². The standard InChI is InChI=1S/C19H22N2O.C15H13N3OS/c1-4-16(20-5-2)14-9-10-17-18(12-14)22-19(21-17)15-8-6-7-13(3)11-15;1-2-6-16-12(3-1)14-18-11-5-4-10(9-13(11)19-14)15-17-7-8-20-15/h4-8,11,14,19,21H,1-2,9-10,12H2,3H3;1-3,6-8,10H,4-5,9H2. The summed E-state index contributed by atoms with van der Waals surface area (Å²) in [5.74, 6) is 3.54. The first-order valence-electron chi connectivity index (χ1n) is 14.4. The maximum Gasteiger partial charge on any atom is 0.245 e. The number of thiazole rings is 1. The van der Waals surface area contributed by atoms with Gasteiger partial charge in [-0.05, 0) is 50.8 Å².